The number of hydrogen-bond acceptors (Lipinski definition) is 6. The topological polar surface area (TPSA) is 92.3 Å². The van der Waals surface area contributed by atoms with E-state index in [1.807, 2.05) is 6.07 Å². The molecule has 0 radical (unpaired) electrons. The van der Waals surface area contributed by atoms with Crippen LogP contribution in [0.25, 0.3) is 22.5 Å². The molecule has 7 nitrogen and oxygen atoms in total. The number of rotatable bonds is 7. The van der Waals surface area contributed by atoms with Gasteiger partial charge in [0.2, 0.25) is 0 Å². The van der Waals surface area contributed by atoms with Crippen molar-refractivity contribution in [2.75, 3.05) is 13.2 Å². The van der Waals surface area contributed by atoms with Crippen LogP contribution in [0.1, 0.15) is 17.4 Å². The first-order valence-corrected chi connectivity index (χ1v) is 8.46. The number of benzene rings is 1. The standard InChI is InChI=1S/C19H19FN4O3/c1-2-26-19(25)18-12-17(23-24(18)10-8-21)14-7-9-22-16(11-14)13-3-5-15(27-20)6-4-13/h3-7,9,11-12H,2,8,10,21H2,1H3. The van der Waals surface area contributed by atoms with Crippen LogP contribution >= 0.6 is 0 Å². The molecule has 2 heterocycles. The highest BCUT2D eigenvalue weighted by molar-refractivity contribution is 5.89. The minimum atomic E-state index is -0.444. The number of carbonyl (C=O) groups excluding carboxylic acids is 1. The van der Waals surface area contributed by atoms with Crippen molar-refractivity contribution < 1.29 is 19.0 Å². The van der Waals surface area contributed by atoms with Gasteiger partial charge in [0.05, 0.1) is 24.5 Å². The predicted octanol–water partition coefficient (Wildman–Crippen LogP) is 3.01. The molecule has 0 bridgehead atoms. The van der Waals surface area contributed by atoms with Gasteiger partial charge in [0.15, 0.2) is 5.75 Å². The van der Waals surface area contributed by atoms with E-state index < -0.39 is 5.97 Å². The molecule has 1 aromatic carbocycles. The van der Waals surface area contributed by atoms with Gasteiger partial charge in [0.1, 0.15) is 5.69 Å². The zero-order valence-corrected chi connectivity index (χ0v) is 14.8. The van der Waals surface area contributed by atoms with Crippen LogP contribution < -0.4 is 10.7 Å². The maximum Gasteiger partial charge on any atom is 0.356 e. The van der Waals surface area contributed by atoms with E-state index in [9.17, 15) is 9.32 Å². The summed E-state index contributed by atoms with van der Waals surface area (Å²) in [7, 11) is 0. The Morgan fingerprint density at radius 3 is 2.59 bits per heavy atom. The Labute approximate surface area is 155 Å². The van der Waals surface area contributed by atoms with Crippen LogP contribution in [-0.2, 0) is 11.3 Å². The number of ether oxygens (including phenoxy) is 1. The Morgan fingerprint density at radius 2 is 1.93 bits per heavy atom. The lowest BCUT2D eigenvalue weighted by molar-refractivity contribution is -0.00618. The fraction of sp³-hybridized carbons (Fsp3) is 0.211. The number of carbonyl (C=O) groups is 1. The van der Waals surface area contributed by atoms with E-state index >= 15 is 0 Å². The van der Waals surface area contributed by atoms with Gasteiger partial charge in [-0.25, -0.2) is 4.79 Å². The summed E-state index contributed by atoms with van der Waals surface area (Å²) in [6, 6.07) is 11.8. The highest BCUT2D eigenvalue weighted by Crippen LogP contribution is 2.26. The molecule has 0 aliphatic rings. The van der Waals surface area contributed by atoms with Crippen LogP contribution in [0.15, 0.2) is 48.7 Å². The molecule has 0 aliphatic carbocycles. The molecule has 0 saturated carbocycles. The zero-order chi connectivity index (χ0) is 19.2. The lowest BCUT2D eigenvalue weighted by atomic mass is 10.1. The van der Waals surface area contributed by atoms with Crippen LogP contribution in [0, 0.1) is 0 Å². The SMILES string of the molecule is CCOC(=O)c1cc(-c2ccnc(-c3ccc(OF)cc3)c2)nn1CCN. The van der Waals surface area contributed by atoms with Gasteiger partial charge >= 0.3 is 5.97 Å². The zero-order valence-electron chi connectivity index (χ0n) is 14.8. The molecule has 2 aromatic heterocycles. The number of halogens is 1. The molecule has 0 aliphatic heterocycles. The van der Waals surface area contributed by atoms with Crippen molar-refractivity contribution in [3.05, 3.63) is 54.4 Å². The minimum Gasteiger partial charge on any atom is -0.461 e. The molecule has 0 spiro atoms. The van der Waals surface area contributed by atoms with E-state index in [0.717, 1.165) is 11.1 Å². The maximum absolute atomic E-state index is 12.2. The molecule has 2 N–H and O–H groups in total. The number of esters is 1. The van der Waals surface area contributed by atoms with Crippen molar-refractivity contribution in [3.8, 4) is 28.3 Å². The van der Waals surface area contributed by atoms with Gasteiger partial charge in [0.25, 0.3) is 0 Å². The van der Waals surface area contributed by atoms with E-state index in [2.05, 4.69) is 15.0 Å². The van der Waals surface area contributed by atoms with Gasteiger partial charge in [-0.3, -0.25) is 14.6 Å². The molecule has 8 heteroatoms. The van der Waals surface area contributed by atoms with E-state index in [-0.39, 0.29) is 12.4 Å². The molecule has 140 valence electrons. The maximum atomic E-state index is 12.2. The lowest BCUT2D eigenvalue weighted by Gasteiger charge is -2.04. The minimum absolute atomic E-state index is 0.120. The Morgan fingerprint density at radius 1 is 1.15 bits per heavy atom. The van der Waals surface area contributed by atoms with E-state index in [0.29, 0.717) is 30.2 Å². The molecule has 0 saturated heterocycles. The normalized spacial score (nSPS) is 10.6. The van der Waals surface area contributed by atoms with Crippen LogP contribution in [-0.4, -0.2) is 33.9 Å². The van der Waals surface area contributed by atoms with Crippen LogP contribution in [0.5, 0.6) is 5.75 Å². The van der Waals surface area contributed by atoms with Crippen molar-refractivity contribution in [3.63, 3.8) is 0 Å². The molecule has 3 aromatic rings. The third kappa shape index (κ3) is 4.12. The highest BCUT2D eigenvalue weighted by atomic mass is 19.3. The van der Waals surface area contributed by atoms with E-state index in [1.54, 1.807) is 42.1 Å². The smallest absolute Gasteiger partial charge is 0.356 e. The molecule has 0 fully saturated rings. The fourth-order valence-corrected chi connectivity index (χ4v) is 2.64. The van der Waals surface area contributed by atoms with Gasteiger partial charge < -0.3 is 10.5 Å². The molecule has 27 heavy (non-hydrogen) atoms. The van der Waals surface area contributed by atoms with E-state index in [1.165, 1.54) is 12.1 Å². The summed E-state index contributed by atoms with van der Waals surface area (Å²) in [4.78, 5) is 20.2. The summed E-state index contributed by atoms with van der Waals surface area (Å²) in [6.45, 7) is 2.77. The Kier molecular flexibility index (Phi) is 5.77. The first kappa shape index (κ1) is 18.5. The summed E-state index contributed by atoms with van der Waals surface area (Å²) >= 11 is 0. The van der Waals surface area contributed by atoms with Gasteiger partial charge in [-0.1, -0.05) is 0 Å². The molecule has 0 unspecified atom stereocenters. The van der Waals surface area contributed by atoms with Gasteiger partial charge in [-0.05, 0) is 49.4 Å². The largest absolute Gasteiger partial charge is 0.461 e. The third-order valence-electron chi connectivity index (χ3n) is 3.90. The monoisotopic (exact) mass is 370 g/mol. The predicted molar refractivity (Wildman–Crippen MR) is 97.6 cm³/mol. The second-order valence-electron chi connectivity index (χ2n) is 5.68. The number of pyridine rings is 1. The van der Waals surface area contributed by atoms with Crippen LogP contribution in [0.3, 0.4) is 0 Å². The lowest BCUT2D eigenvalue weighted by Crippen LogP contribution is -2.17. The second kappa shape index (κ2) is 8.41. The van der Waals surface area contributed by atoms with Crippen molar-refractivity contribution in [2.24, 2.45) is 5.73 Å². The molecule has 0 amide bonds. The summed E-state index contributed by atoms with van der Waals surface area (Å²) in [5, 5.41) is 4.47. The number of nitrogens with zero attached hydrogens (tertiary/aromatic N) is 3. The summed E-state index contributed by atoms with van der Waals surface area (Å²) in [5.41, 5.74) is 8.84. The number of nitrogens with two attached hydrogens (primary N) is 1. The highest BCUT2D eigenvalue weighted by Gasteiger charge is 2.17. The van der Waals surface area contributed by atoms with Crippen molar-refractivity contribution >= 4 is 5.97 Å². The number of hydrogen-bond donors (Lipinski definition) is 1. The van der Waals surface area contributed by atoms with Crippen LogP contribution in [0.2, 0.25) is 0 Å². The Balaban J connectivity index is 1.96. The average Bonchev–Trinajstić information content (AvgIpc) is 3.13. The summed E-state index contributed by atoms with van der Waals surface area (Å²) in [5.74, 6) is -0.324. The molecular formula is C19H19FN4O3. The van der Waals surface area contributed by atoms with Gasteiger partial charge in [-0.2, -0.15) is 5.10 Å². The first-order valence-electron chi connectivity index (χ1n) is 8.46. The molecular weight excluding hydrogens is 351 g/mol. The fourth-order valence-electron chi connectivity index (χ4n) is 2.64. The molecule has 3 rings (SSSR count). The summed E-state index contributed by atoms with van der Waals surface area (Å²) < 4.78 is 18.8. The van der Waals surface area contributed by atoms with Crippen molar-refractivity contribution in [1.82, 2.24) is 14.8 Å². The molecule has 0 atom stereocenters. The van der Waals surface area contributed by atoms with Crippen molar-refractivity contribution in [1.29, 1.82) is 0 Å². The van der Waals surface area contributed by atoms with E-state index in [4.69, 9.17) is 10.5 Å². The quantitative estimate of drug-likeness (QED) is 0.643. The Bertz CT molecular complexity index is 925. The van der Waals surface area contributed by atoms with Crippen molar-refractivity contribution in [2.45, 2.75) is 13.5 Å². The second-order valence-corrected chi connectivity index (χ2v) is 5.68. The number of aromatic nitrogens is 3. The van der Waals surface area contributed by atoms with Gasteiger partial charge in [0, 0.05) is 28.4 Å². The average molecular weight is 370 g/mol. The van der Waals surface area contributed by atoms with Gasteiger partial charge in [-0.15, -0.1) is 0 Å². The Hall–Kier alpha value is -3.26. The third-order valence-corrected chi connectivity index (χ3v) is 3.90. The first-order chi connectivity index (χ1) is 13.2. The van der Waals surface area contributed by atoms with Crippen LogP contribution in [0.4, 0.5) is 4.53 Å². The summed E-state index contributed by atoms with van der Waals surface area (Å²) in [6.07, 6.45) is 1.65.